The van der Waals surface area contributed by atoms with Gasteiger partial charge in [0.25, 0.3) is 5.91 Å². The van der Waals surface area contributed by atoms with Crippen LogP contribution in [0.3, 0.4) is 0 Å². The third-order valence-electron chi connectivity index (χ3n) is 4.87. The number of quaternary nitrogens is 1. The van der Waals surface area contributed by atoms with Gasteiger partial charge in [-0.1, -0.05) is 30.3 Å². The monoisotopic (exact) mass is 406 g/mol. The Morgan fingerprint density at radius 1 is 1.04 bits per heavy atom. The predicted octanol–water partition coefficient (Wildman–Crippen LogP) is 0.286. The van der Waals surface area contributed by atoms with Gasteiger partial charge in [0.05, 0.1) is 31.9 Å². The molecule has 0 atom stereocenters. The fraction of sp³-hybridized carbons (Fsp3) is 0.350. The van der Waals surface area contributed by atoms with Crippen molar-refractivity contribution in [2.45, 2.75) is 6.54 Å². The quantitative estimate of drug-likeness (QED) is 0.694. The highest BCUT2D eigenvalue weighted by Crippen LogP contribution is 2.04. The smallest absolute Gasteiger partial charge is 0.251 e. The zero-order valence-corrected chi connectivity index (χ0v) is 16.4. The molecule has 28 heavy (non-hydrogen) atoms. The summed E-state index contributed by atoms with van der Waals surface area (Å²) in [7, 11) is -3.42. The molecule has 2 aromatic rings. The van der Waals surface area contributed by atoms with Crippen molar-refractivity contribution in [2.75, 3.05) is 38.5 Å². The molecule has 1 saturated heterocycles. The fourth-order valence-corrected chi connectivity index (χ4v) is 4.63. The van der Waals surface area contributed by atoms with Crippen LogP contribution in [0.1, 0.15) is 15.9 Å². The van der Waals surface area contributed by atoms with E-state index in [1.54, 1.807) is 0 Å². The van der Waals surface area contributed by atoms with Crippen molar-refractivity contribution in [3.8, 4) is 0 Å². The number of benzene rings is 2. The summed E-state index contributed by atoms with van der Waals surface area (Å²) in [5.74, 6) is -0.978. The number of sulfonamides is 1. The molecule has 1 heterocycles. The number of halogens is 1. The SMILES string of the molecule is O=C(NCCS(=O)(=O)N1CC[NH+](Cc2ccccc2)CC1)c1ccc(F)cc1. The molecule has 0 unspecified atom stereocenters. The molecule has 1 aliphatic heterocycles. The lowest BCUT2D eigenvalue weighted by molar-refractivity contribution is -0.917. The molecule has 1 amide bonds. The van der Waals surface area contributed by atoms with E-state index in [4.69, 9.17) is 0 Å². The number of carbonyl (C=O) groups excluding carboxylic acids is 1. The summed E-state index contributed by atoms with van der Waals surface area (Å²) in [4.78, 5) is 13.4. The zero-order valence-electron chi connectivity index (χ0n) is 15.6. The highest BCUT2D eigenvalue weighted by Gasteiger charge is 2.28. The third-order valence-corrected chi connectivity index (χ3v) is 6.74. The molecule has 0 aliphatic carbocycles. The van der Waals surface area contributed by atoms with Crippen molar-refractivity contribution in [1.29, 1.82) is 0 Å². The van der Waals surface area contributed by atoms with Gasteiger partial charge in [0.2, 0.25) is 10.0 Å². The number of rotatable bonds is 7. The summed E-state index contributed by atoms with van der Waals surface area (Å²) in [5, 5.41) is 2.58. The number of nitrogens with zero attached hydrogens (tertiary/aromatic N) is 1. The molecule has 0 saturated carbocycles. The molecule has 6 nitrogen and oxygen atoms in total. The van der Waals surface area contributed by atoms with E-state index in [0.717, 1.165) is 19.6 Å². The van der Waals surface area contributed by atoms with E-state index in [9.17, 15) is 17.6 Å². The molecule has 0 spiro atoms. The third kappa shape index (κ3) is 5.60. The fourth-order valence-electron chi connectivity index (χ4n) is 3.27. The Bertz CT molecular complexity index is 881. The molecule has 0 bridgehead atoms. The van der Waals surface area contributed by atoms with Gasteiger partial charge in [-0.15, -0.1) is 0 Å². The number of nitrogens with one attached hydrogen (secondary N) is 2. The van der Waals surface area contributed by atoms with Crippen molar-refractivity contribution in [3.05, 3.63) is 71.5 Å². The molecular formula is C20H25FN3O3S+. The Hall–Kier alpha value is -2.29. The highest BCUT2D eigenvalue weighted by atomic mass is 32.2. The average molecular weight is 407 g/mol. The van der Waals surface area contributed by atoms with E-state index < -0.39 is 21.7 Å². The summed E-state index contributed by atoms with van der Waals surface area (Å²) in [6.07, 6.45) is 0. The Morgan fingerprint density at radius 3 is 2.32 bits per heavy atom. The second-order valence-corrected chi connectivity index (χ2v) is 8.98. The first-order chi connectivity index (χ1) is 13.4. The Labute approximate surface area is 165 Å². The van der Waals surface area contributed by atoms with Gasteiger partial charge in [0, 0.05) is 17.7 Å². The molecular weight excluding hydrogens is 381 g/mol. The van der Waals surface area contributed by atoms with E-state index in [1.165, 1.54) is 39.0 Å². The van der Waals surface area contributed by atoms with Gasteiger partial charge in [-0.2, -0.15) is 4.31 Å². The number of carbonyl (C=O) groups is 1. The van der Waals surface area contributed by atoms with Gasteiger partial charge >= 0.3 is 0 Å². The van der Waals surface area contributed by atoms with Gasteiger partial charge in [-0.05, 0) is 24.3 Å². The lowest BCUT2D eigenvalue weighted by Gasteiger charge is -2.31. The minimum Gasteiger partial charge on any atom is -0.351 e. The van der Waals surface area contributed by atoms with Gasteiger partial charge in [0.1, 0.15) is 12.4 Å². The Balaban J connectivity index is 1.43. The summed E-state index contributed by atoms with van der Waals surface area (Å²) in [6, 6.07) is 15.3. The average Bonchev–Trinajstić information content (AvgIpc) is 2.69. The summed E-state index contributed by atoms with van der Waals surface area (Å²) < 4.78 is 39.5. The van der Waals surface area contributed by atoms with Crippen LogP contribution in [0.4, 0.5) is 4.39 Å². The normalized spacial score (nSPS) is 16.0. The van der Waals surface area contributed by atoms with Crippen LogP contribution >= 0.6 is 0 Å². The van der Waals surface area contributed by atoms with E-state index in [1.807, 2.05) is 18.2 Å². The van der Waals surface area contributed by atoms with Crippen molar-refractivity contribution >= 4 is 15.9 Å². The van der Waals surface area contributed by atoms with Gasteiger partial charge in [0.15, 0.2) is 0 Å². The highest BCUT2D eigenvalue weighted by molar-refractivity contribution is 7.89. The van der Waals surface area contributed by atoms with E-state index in [-0.39, 0.29) is 12.3 Å². The number of piperazine rings is 1. The van der Waals surface area contributed by atoms with Crippen LogP contribution in [0, 0.1) is 5.82 Å². The molecule has 3 rings (SSSR count). The standard InChI is InChI=1S/C20H24FN3O3S/c21-19-8-6-18(7-9-19)20(25)22-10-15-28(26,27)24-13-11-23(12-14-24)16-17-4-2-1-3-5-17/h1-9H,10-16H2,(H,22,25)/p+1. The first-order valence-corrected chi connectivity index (χ1v) is 10.9. The second kappa shape index (κ2) is 9.27. The number of hydrogen-bond donors (Lipinski definition) is 2. The maximum atomic E-state index is 12.9. The van der Waals surface area contributed by atoms with Crippen molar-refractivity contribution < 1.29 is 22.5 Å². The van der Waals surface area contributed by atoms with Gasteiger partial charge < -0.3 is 10.2 Å². The summed E-state index contributed by atoms with van der Waals surface area (Å²) >= 11 is 0. The molecule has 1 aliphatic rings. The molecule has 2 N–H and O–H groups in total. The zero-order chi connectivity index (χ0) is 20.0. The van der Waals surface area contributed by atoms with Crippen LogP contribution < -0.4 is 10.2 Å². The van der Waals surface area contributed by atoms with Crippen LogP contribution in [0.25, 0.3) is 0 Å². The molecule has 150 valence electrons. The Kier molecular flexibility index (Phi) is 6.77. The van der Waals surface area contributed by atoms with Crippen LogP contribution in [-0.2, 0) is 16.6 Å². The largest absolute Gasteiger partial charge is 0.351 e. The Morgan fingerprint density at radius 2 is 1.68 bits per heavy atom. The van der Waals surface area contributed by atoms with Crippen LogP contribution in [0.15, 0.2) is 54.6 Å². The first kappa shape index (κ1) is 20.4. The minimum absolute atomic E-state index is 0.0234. The molecule has 2 aromatic carbocycles. The lowest BCUT2D eigenvalue weighted by Crippen LogP contribution is -3.13. The van der Waals surface area contributed by atoms with Crippen LogP contribution in [0.5, 0.6) is 0 Å². The van der Waals surface area contributed by atoms with Gasteiger partial charge in [-0.3, -0.25) is 4.79 Å². The molecule has 8 heteroatoms. The topological polar surface area (TPSA) is 70.9 Å². The molecule has 0 aromatic heterocycles. The van der Waals surface area contributed by atoms with E-state index in [0.29, 0.717) is 18.7 Å². The van der Waals surface area contributed by atoms with Crippen LogP contribution in [0.2, 0.25) is 0 Å². The summed E-state index contributed by atoms with van der Waals surface area (Å²) in [5.41, 5.74) is 1.55. The van der Waals surface area contributed by atoms with Gasteiger partial charge in [-0.25, -0.2) is 12.8 Å². The first-order valence-electron chi connectivity index (χ1n) is 9.33. The maximum Gasteiger partial charge on any atom is 0.251 e. The maximum absolute atomic E-state index is 12.9. The second-order valence-electron chi connectivity index (χ2n) is 6.89. The lowest BCUT2D eigenvalue weighted by atomic mass is 10.2. The van der Waals surface area contributed by atoms with Crippen molar-refractivity contribution in [2.24, 2.45) is 0 Å². The van der Waals surface area contributed by atoms with Crippen LogP contribution in [-0.4, -0.2) is 57.1 Å². The molecule has 0 radical (unpaired) electrons. The molecule has 1 fully saturated rings. The summed E-state index contributed by atoms with van der Waals surface area (Å²) in [6.45, 7) is 3.40. The minimum atomic E-state index is -3.42. The van der Waals surface area contributed by atoms with E-state index >= 15 is 0 Å². The predicted molar refractivity (Wildman–Crippen MR) is 105 cm³/mol. The number of amides is 1. The van der Waals surface area contributed by atoms with E-state index in [2.05, 4.69) is 17.4 Å². The number of hydrogen-bond acceptors (Lipinski definition) is 3. The van der Waals surface area contributed by atoms with Crippen molar-refractivity contribution in [3.63, 3.8) is 0 Å². The van der Waals surface area contributed by atoms with Crippen molar-refractivity contribution in [1.82, 2.24) is 9.62 Å².